The average Bonchev–Trinajstić information content (AvgIpc) is 2.66. The van der Waals surface area contributed by atoms with Gasteiger partial charge in [0.25, 0.3) is 6.43 Å². The van der Waals surface area contributed by atoms with E-state index in [9.17, 15) is 18.0 Å². The second-order valence-corrected chi connectivity index (χ2v) is 5.59. The van der Waals surface area contributed by atoms with Gasteiger partial charge in [-0.3, -0.25) is 0 Å². The van der Waals surface area contributed by atoms with E-state index >= 15 is 0 Å². The predicted octanol–water partition coefficient (Wildman–Crippen LogP) is 3.74. The molecule has 27 heavy (non-hydrogen) atoms. The molecule has 0 radical (unpaired) electrons. The molecular formula is C19H21F3N2O3. The number of carbonyl (C=O) groups is 1. The van der Waals surface area contributed by atoms with Crippen LogP contribution in [0.4, 0.5) is 18.0 Å². The highest BCUT2D eigenvalue weighted by molar-refractivity contribution is 5.73. The number of nitrogens with one attached hydrogen (secondary N) is 2. The molecule has 0 bridgehead atoms. The summed E-state index contributed by atoms with van der Waals surface area (Å²) in [5.74, 6) is 0.0687. The number of para-hydroxylation sites is 1. The van der Waals surface area contributed by atoms with Gasteiger partial charge in [0.15, 0.2) is 11.6 Å². The molecule has 146 valence electrons. The van der Waals surface area contributed by atoms with Gasteiger partial charge < -0.3 is 20.1 Å². The van der Waals surface area contributed by atoms with Crippen LogP contribution in [0.15, 0.2) is 48.5 Å². The molecule has 0 aromatic heterocycles. The van der Waals surface area contributed by atoms with E-state index in [1.165, 1.54) is 12.1 Å². The lowest BCUT2D eigenvalue weighted by atomic mass is 10.2. The third-order valence-electron chi connectivity index (χ3n) is 3.43. The number of benzene rings is 2. The third-order valence-corrected chi connectivity index (χ3v) is 3.43. The minimum atomic E-state index is -2.54. The number of alkyl halides is 2. The van der Waals surface area contributed by atoms with Crippen LogP contribution in [0.1, 0.15) is 12.0 Å². The van der Waals surface area contributed by atoms with Crippen LogP contribution in [-0.4, -0.2) is 32.2 Å². The summed E-state index contributed by atoms with van der Waals surface area (Å²) in [4.78, 5) is 11.8. The first kappa shape index (κ1) is 20.4. The Morgan fingerprint density at radius 3 is 2.63 bits per heavy atom. The van der Waals surface area contributed by atoms with E-state index in [-0.39, 0.29) is 24.9 Å². The smallest absolute Gasteiger partial charge is 0.315 e. The van der Waals surface area contributed by atoms with E-state index in [1.807, 2.05) is 0 Å². The molecule has 0 aliphatic heterocycles. The van der Waals surface area contributed by atoms with Crippen LogP contribution in [0.25, 0.3) is 0 Å². The number of carbonyl (C=O) groups excluding carboxylic acids is 1. The van der Waals surface area contributed by atoms with Gasteiger partial charge in [-0.2, -0.15) is 0 Å². The normalized spacial score (nSPS) is 10.5. The predicted molar refractivity (Wildman–Crippen MR) is 94.7 cm³/mol. The van der Waals surface area contributed by atoms with Gasteiger partial charge in [0, 0.05) is 13.1 Å². The summed E-state index contributed by atoms with van der Waals surface area (Å²) in [5.41, 5.74) is 0.722. The van der Waals surface area contributed by atoms with Gasteiger partial charge >= 0.3 is 6.03 Å². The summed E-state index contributed by atoms with van der Waals surface area (Å²) in [5, 5.41) is 5.31. The van der Waals surface area contributed by atoms with E-state index < -0.39 is 18.8 Å². The first-order chi connectivity index (χ1) is 13.0. The molecule has 2 aromatic rings. The van der Waals surface area contributed by atoms with Crippen molar-refractivity contribution in [2.75, 3.05) is 19.8 Å². The summed E-state index contributed by atoms with van der Waals surface area (Å²) >= 11 is 0. The van der Waals surface area contributed by atoms with E-state index in [1.54, 1.807) is 36.4 Å². The molecule has 2 rings (SSSR count). The average molecular weight is 382 g/mol. The van der Waals surface area contributed by atoms with Crippen LogP contribution in [-0.2, 0) is 6.54 Å². The summed E-state index contributed by atoms with van der Waals surface area (Å²) in [6.45, 7) is 0.179. The van der Waals surface area contributed by atoms with E-state index in [0.29, 0.717) is 18.7 Å². The summed E-state index contributed by atoms with van der Waals surface area (Å²) < 4.78 is 47.9. The SMILES string of the molecule is O=C(NCCCOc1ccccc1F)NCc1cccc(OCC(F)F)c1. The molecule has 2 aromatic carbocycles. The molecule has 0 fully saturated rings. The Labute approximate surface area is 155 Å². The summed E-state index contributed by atoms with van der Waals surface area (Å²) in [6.07, 6.45) is -2.03. The highest BCUT2D eigenvalue weighted by atomic mass is 19.3. The number of ether oxygens (including phenoxy) is 2. The van der Waals surface area contributed by atoms with Gasteiger partial charge in [-0.05, 0) is 36.2 Å². The van der Waals surface area contributed by atoms with E-state index in [2.05, 4.69) is 10.6 Å². The number of amides is 2. The number of rotatable bonds is 10. The van der Waals surface area contributed by atoms with E-state index in [4.69, 9.17) is 9.47 Å². The van der Waals surface area contributed by atoms with Crippen molar-refractivity contribution in [1.29, 1.82) is 0 Å². The van der Waals surface area contributed by atoms with Gasteiger partial charge in [-0.25, -0.2) is 18.0 Å². The highest BCUT2D eigenvalue weighted by Crippen LogP contribution is 2.15. The molecule has 0 saturated heterocycles. The fourth-order valence-corrected chi connectivity index (χ4v) is 2.17. The molecule has 0 heterocycles. The van der Waals surface area contributed by atoms with Gasteiger partial charge in [0.1, 0.15) is 12.4 Å². The third kappa shape index (κ3) is 7.89. The molecule has 8 heteroatoms. The number of halogens is 3. The lowest BCUT2D eigenvalue weighted by Crippen LogP contribution is -2.36. The molecule has 5 nitrogen and oxygen atoms in total. The monoisotopic (exact) mass is 382 g/mol. The lowest BCUT2D eigenvalue weighted by molar-refractivity contribution is 0.0818. The minimum absolute atomic E-state index is 0.177. The van der Waals surface area contributed by atoms with Crippen LogP contribution >= 0.6 is 0 Å². The summed E-state index contributed by atoms with van der Waals surface area (Å²) in [7, 11) is 0. The Morgan fingerprint density at radius 1 is 1.04 bits per heavy atom. The molecule has 0 spiro atoms. The van der Waals surface area contributed by atoms with Gasteiger partial charge in [-0.15, -0.1) is 0 Å². The zero-order valence-electron chi connectivity index (χ0n) is 14.6. The second-order valence-electron chi connectivity index (χ2n) is 5.59. The number of hydrogen-bond donors (Lipinski definition) is 2. The topological polar surface area (TPSA) is 59.6 Å². The van der Waals surface area contributed by atoms with Crippen LogP contribution < -0.4 is 20.1 Å². The molecule has 0 unspecified atom stereocenters. The fraction of sp³-hybridized carbons (Fsp3) is 0.316. The Bertz CT molecular complexity index is 729. The Morgan fingerprint density at radius 2 is 1.85 bits per heavy atom. The molecule has 0 atom stereocenters. The molecule has 0 saturated carbocycles. The Kier molecular flexibility index (Phi) is 8.28. The van der Waals surface area contributed by atoms with Crippen molar-refractivity contribution in [1.82, 2.24) is 10.6 Å². The first-order valence-electron chi connectivity index (χ1n) is 8.43. The number of urea groups is 1. The van der Waals surface area contributed by atoms with Crippen molar-refractivity contribution >= 4 is 6.03 Å². The van der Waals surface area contributed by atoms with Gasteiger partial charge in [-0.1, -0.05) is 24.3 Å². The van der Waals surface area contributed by atoms with Crippen molar-refractivity contribution < 1.29 is 27.4 Å². The highest BCUT2D eigenvalue weighted by Gasteiger charge is 2.05. The molecule has 2 amide bonds. The first-order valence-corrected chi connectivity index (χ1v) is 8.43. The largest absolute Gasteiger partial charge is 0.490 e. The molecular weight excluding hydrogens is 361 g/mol. The Hall–Kier alpha value is -2.90. The molecule has 0 aliphatic carbocycles. The molecule has 2 N–H and O–H groups in total. The maximum absolute atomic E-state index is 13.4. The van der Waals surface area contributed by atoms with Crippen molar-refractivity contribution in [3.63, 3.8) is 0 Å². The van der Waals surface area contributed by atoms with Crippen LogP contribution in [0, 0.1) is 5.82 Å². The number of hydrogen-bond acceptors (Lipinski definition) is 3. The zero-order chi connectivity index (χ0) is 19.5. The standard InChI is InChI=1S/C19H21F3N2O3/c20-16-7-1-2-8-17(16)26-10-4-9-23-19(25)24-12-14-5-3-6-15(11-14)27-13-18(21)22/h1-3,5-8,11,18H,4,9-10,12-13H2,(H2,23,24,25). The second kappa shape index (κ2) is 10.9. The van der Waals surface area contributed by atoms with Crippen LogP contribution in [0.3, 0.4) is 0 Å². The van der Waals surface area contributed by atoms with Gasteiger partial charge in [0.2, 0.25) is 0 Å². The quantitative estimate of drug-likeness (QED) is 0.616. The van der Waals surface area contributed by atoms with Crippen molar-refractivity contribution in [2.45, 2.75) is 19.4 Å². The molecule has 0 aliphatic rings. The lowest BCUT2D eigenvalue weighted by Gasteiger charge is -2.10. The Balaban J connectivity index is 1.62. The van der Waals surface area contributed by atoms with Crippen molar-refractivity contribution in [3.8, 4) is 11.5 Å². The van der Waals surface area contributed by atoms with Crippen molar-refractivity contribution in [2.24, 2.45) is 0 Å². The maximum atomic E-state index is 13.4. The van der Waals surface area contributed by atoms with Gasteiger partial charge in [0.05, 0.1) is 6.61 Å². The minimum Gasteiger partial charge on any atom is -0.490 e. The van der Waals surface area contributed by atoms with E-state index in [0.717, 1.165) is 5.56 Å². The van der Waals surface area contributed by atoms with Crippen molar-refractivity contribution in [3.05, 3.63) is 59.9 Å². The zero-order valence-corrected chi connectivity index (χ0v) is 14.6. The van der Waals surface area contributed by atoms with Crippen LogP contribution in [0.2, 0.25) is 0 Å². The summed E-state index contributed by atoms with van der Waals surface area (Å²) in [6, 6.07) is 12.3. The van der Waals surface area contributed by atoms with Crippen LogP contribution in [0.5, 0.6) is 11.5 Å². The fourth-order valence-electron chi connectivity index (χ4n) is 2.17. The maximum Gasteiger partial charge on any atom is 0.315 e.